The number of sulfonamides is 1. The number of carbonyl (C=O) groups excluding carboxylic acids is 1. The van der Waals surface area contributed by atoms with Crippen LogP contribution in [0.25, 0.3) is 0 Å². The number of piperazine rings is 1. The molecule has 1 saturated heterocycles. The molecule has 0 radical (unpaired) electrons. The zero-order valence-corrected chi connectivity index (χ0v) is 18.7. The number of amides is 1. The van der Waals surface area contributed by atoms with E-state index in [9.17, 15) is 26.4 Å². The van der Waals surface area contributed by atoms with Gasteiger partial charge in [0.05, 0.1) is 10.5 Å². The molecular weight excluding hydrogens is 455 g/mol. The molecule has 176 valence electrons. The third-order valence-corrected chi connectivity index (χ3v) is 8.45. The van der Waals surface area contributed by atoms with Crippen molar-refractivity contribution in [2.24, 2.45) is 5.92 Å². The summed E-state index contributed by atoms with van der Waals surface area (Å²) in [5.74, 6) is 0.225. The molecule has 1 amide bonds. The largest absolute Gasteiger partial charge is 0.416 e. The molecule has 1 saturated carbocycles. The van der Waals surface area contributed by atoms with Crippen molar-refractivity contribution in [3.63, 3.8) is 0 Å². The van der Waals surface area contributed by atoms with E-state index in [2.05, 4.69) is 0 Å². The number of anilines is 2. The van der Waals surface area contributed by atoms with Crippen LogP contribution in [-0.2, 0) is 27.4 Å². The monoisotopic (exact) mass is 479 g/mol. The molecule has 0 aromatic heterocycles. The number of alkyl halides is 3. The zero-order chi connectivity index (χ0) is 23.4. The molecule has 2 heterocycles. The Morgan fingerprint density at radius 2 is 1.67 bits per heavy atom. The lowest BCUT2D eigenvalue weighted by Crippen LogP contribution is -2.48. The summed E-state index contributed by atoms with van der Waals surface area (Å²) >= 11 is 0. The van der Waals surface area contributed by atoms with Crippen LogP contribution in [0.5, 0.6) is 0 Å². The van der Waals surface area contributed by atoms with E-state index in [-0.39, 0.29) is 29.8 Å². The zero-order valence-electron chi connectivity index (χ0n) is 17.9. The average Bonchev–Trinajstić information content (AvgIpc) is 3.57. The number of hydrogen-bond donors (Lipinski definition) is 0. The number of nitrogens with zero attached hydrogens (tertiary/aromatic N) is 3. The van der Waals surface area contributed by atoms with E-state index in [1.54, 1.807) is 34.1 Å². The Balaban J connectivity index is 1.29. The Morgan fingerprint density at radius 1 is 0.939 bits per heavy atom. The average molecular weight is 480 g/mol. The lowest BCUT2D eigenvalue weighted by atomic mass is 10.1. The first-order valence-corrected chi connectivity index (χ1v) is 12.5. The Bertz CT molecular complexity index is 1190. The maximum Gasteiger partial charge on any atom is 0.416 e. The van der Waals surface area contributed by atoms with Crippen LogP contribution >= 0.6 is 0 Å². The van der Waals surface area contributed by atoms with Gasteiger partial charge in [0, 0.05) is 50.0 Å². The second-order valence-corrected chi connectivity index (χ2v) is 10.7. The highest BCUT2D eigenvalue weighted by atomic mass is 32.2. The molecule has 0 N–H and O–H groups in total. The quantitative estimate of drug-likeness (QED) is 0.674. The fourth-order valence-electron chi connectivity index (χ4n) is 4.53. The molecule has 2 aliphatic heterocycles. The van der Waals surface area contributed by atoms with E-state index in [0.29, 0.717) is 31.7 Å². The predicted octanol–water partition coefficient (Wildman–Crippen LogP) is 3.52. The number of carbonyl (C=O) groups is 1. The lowest BCUT2D eigenvalue weighted by molar-refractivity contribution is -0.137. The second kappa shape index (κ2) is 8.02. The topological polar surface area (TPSA) is 60.9 Å². The Kier molecular flexibility index (Phi) is 5.40. The minimum atomic E-state index is -4.42. The minimum absolute atomic E-state index is 0.104. The first-order chi connectivity index (χ1) is 15.6. The normalized spacial score (nSPS) is 19.6. The van der Waals surface area contributed by atoms with Crippen molar-refractivity contribution in [3.8, 4) is 0 Å². The summed E-state index contributed by atoms with van der Waals surface area (Å²) in [4.78, 5) is 16.2. The van der Waals surface area contributed by atoms with Crippen LogP contribution in [0.3, 0.4) is 0 Å². The van der Waals surface area contributed by atoms with Gasteiger partial charge in [-0.2, -0.15) is 17.5 Å². The maximum absolute atomic E-state index is 13.2. The van der Waals surface area contributed by atoms with E-state index in [1.165, 1.54) is 10.4 Å². The highest BCUT2D eigenvalue weighted by Gasteiger charge is 2.37. The number of rotatable bonds is 4. The van der Waals surface area contributed by atoms with E-state index in [1.807, 2.05) is 0 Å². The minimum Gasteiger partial charge on any atom is -0.369 e. The van der Waals surface area contributed by atoms with Crippen molar-refractivity contribution in [2.75, 3.05) is 42.5 Å². The molecule has 0 atom stereocenters. The van der Waals surface area contributed by atoms with Crippen molar-refractivity contribution in [1.29, 1.82) is 0 Å². The predicted molar refractivity (Wildman–Crippen MR) is 118 cm³/mol. The molecule has 3 aliphatic rings. The molecule has 1 aliphatic carbocycles. The molecular formula is C23H24F3N3O3S. The molecule has 2 fully saturated rings. The highest BCUT2D eigenvalue weighted by molar-refractivity contribution is 7.89. The number of halogens is 3. The van der Waals surface area contributed by atoms with Gasteiger partial charge in [0.15, 0.2) is 0 Å². The highest BCUT2D eigenvalue weighted by Crippen LogP contribution is 2.37. The van der Waals surface area contributed by atoms with Gasteiger partial charge in [-0.05, 0) is 61.2 Å². The Labute approximate surface area is 190 Å². The van der Waals surface area contributed by atoms with Crippen LogP contribution in [0.15, 0.2) is 47.4 Å². The Morgan fingerprint density at radius 3 is 2.33 bits per heavy atom. The third-order valence-electron chi connectivity index (χ3n) is 6.55. The lowest BCUT2D eigenvalue weighted by Gasteiger charge is -2.35. The molecule has 0 bridgehead atoms. The van der Waals surface area contributed by atoms with E-state index in [4.69, 9.17) is 0 Å². The van der Waals surface area contributed by atoms with Crippen LogP contribution in [0.1, 0.15) is 24.0 Å². The molecule has 5 rings (SSSR count). The van der Waals surface area contributed by atoms with Gasteiger partial charge in [-0.15, -0.1) is 0 Å². The standard InChI is InChI=1S/C23H24F3N3O3S/c24-23(25,26)18-2-1-3-19(15-18)27-10-12-28(13-11-27)33(31,32)20-6-7-21-17(14-20)8-9-29(21)22(30)16-4-5-16/h1-3,6-7,14-16H,4-5,8-13H2. The molecule has 0 unspecified atom stereocenters. The SMILES string of the molecule is O=C(C1CC1)N1CCc2cc(S(=O)(=O)N3CCN(c4cccc(C(F)(F)F)c4)CC3)ccc21. The second-order valence-electron chi connectivity index (χ2n) is 8.74. The van der Waals surface area contributed by atoms with Gasteiger partial charge in [-0.3, -0.25) is 4.79 Å². The summed E-state index contributed by atoms with van der Waals surface area (Å²) in [6.07, 6.45) is -1.96. The van der Waals surface area contributed by atoms with Crippen LogP contribution in [-0.4, -0.2) is 51.4 Å². The molecule has 33 heavy (non-hydrogen) atoms. The van der Waals surface area contributed by atoms with Gasteiger partial charge in [0.2, 0.25) is 15.9 Å². The summed E-state index contributed by atoms with van der Waals surface area (Å²) in [6.45, 7) is 1.54. The van der Waals surface area contributed by atoms with Crippen molar-refractivity contribution < 1.29 is 26.4 Å². The first kappa shape index (κ1) is 22.2. The number of benzene rings is 2. The molecule has 0 spiro atoms. The van der Waals surface area contributed by atoms with Crippen molar-refractivity contribution in [2.45, 2.75) is 30.3 Å². The van der Waals surface area contributed by atoms with Gasteiger partial charge in [0.25, 0.3) is 0 Å². The third kappa shape index (κ3) is 4.21. The van der Waals surface area contributed by atoms with Gasteiger partial charge in [0.1, 0.15) is 0 Å². The summed E-state index contributed by atoms with van der Waals surface area (Å²) in [7, 11) is -3.74. The van der Waals surface area contributed by atoms with Gasteiger partial charge < -0.3 is 9.80 Å². The van der Waals surface area contributed by atoms with E-state index < -0.39 is 21.8 Å². The fourth-order valence-corrected chi connectivity index (χ4v) is 6.01. The molecule has 2 aromatic rings. The molecule has 10 heteroatoms. The van der Waals surface area contributed by atoms with Crippen LogP contribution in [0.2, 0.25) is 0 Å². The van der Waals surface area contributed by atoms with E-state index in [0.717, 1.165) is 36.2 Å². The summed E-state index contributed by atoms with van der Waals surface area (Å²) in [5, 5.41) is 0. The fraction of sp³-hybridized carbons (Fsp3) is 0.435. The maximum atomic E-state index is 13.2. The van der Waals surface area contributed by atoms with Crippen LogP contribution in [0.4, 0.5) is 24.5 Å². The number of fused-ring (bicyclic) bond motifs is 1. The smallest absolute Gasteiger partial charge is 0.369 e. The summed E-state index contributed by atoms with van der Waals surface area (Å²) < 4.78 is 66.9. The van der Waals surface area contributed by atoms with Crippen molar-refractivity contribution in [1.82, 2.24) is 4.31 Å². The van der Waals surface area contributed by atoms with Gasteiger partial charge in [-0.25, -0.2) is 8.42 Å². The van der Waals surface area contributed by atoms with Crippen LogP contribution in [0, 0.1) is 5.92 Å². The van der Waals surface area contributed by atoms with Crippen LogP contribution < -0.4 is 9.80 Å². The molecule has 6 nitrogen and oxygen atoms in total. The van der Waals surface area contributed by atoms with E-state index >= 15 is 0 Å². The van der Waals surface area contributed by atoms with Gasteiger partial charge >= 0.3 is 6.18 Å². The van der Waals surface area contributed by atoms with Crippen molar-refractivity contribution >= 4 is 27.3 Å². The van der Waals surface area contributed by atoms with Gasteiger partial charge in [-0.1, -0.05) is 6.07 Å². The Hall–Kier alpha value is -2.59. The number of hydrogen-bond acceptors (Lipinski definition) is 4. The van der Waals surface area contributed by atoms with Crippen molar-refractivity contribution in [3.05, 3.63) is 53.6 Å². The summed E-state index contributed by atoms with van der Waals surface area (Å²) in [5.41, 5.74) is 1.36. The first-order valence-electron chi connectivity index (χ1n) is 11.0. The molecule has 2 aromatic carbocycles. The summed E-state index contributed by atoms with van der Waals surface area (Å²) in [6, 6.07) is 10.0.